The second kappa shape index (κ2) is 5.52. The van der Waals surface area contributed by atoms with Crippen molar-refractivity contribution in [2.45, 2.75) is 20.5 Å². The second-order valence-corrected chi connectivity index (χ2v) is 4.47. The third-order valence-electron chi connectivity index (χ3n) is 2.64. The van der Waals surface area contributed by atoms with E-state index in [9.17, 15) is 4.79 Å². The number of carboxylic acid groups (broad SMARTS) is 1. The molecule has 1 aromatic carbocycles. The fourth-order valence-corrected chi connectivity index (χ4v) is 1.91. The van der Waals surface area contributed by atoms with Gasteiger partial charge in [-0.25, -0.2) is 9.78 Å². The Morgan fingerprint density at radius 1 is 1.21 bits per heavy atom. The van der Waals surface area contributed by atoms with Gasteiger partial charge in [-0.2, -0.15) is 0 Å². The molecule has 0 radical (unpaired) electrons. The standard InChI is InChI=1S/C15H15NO3/c1-10-5-11(2)7-12(6-10)9-19-13-3-4-14(15(17)18)16-8-13/h3-8H,9H2,1-2H3,(H,17,18). The molecule has 0 bridgehead atoms. The molecule has 0 aliphatic carbocycles. The van der Waals surface area contributed by atoms with Gasteiger partial charge >= 0.3 is 5.97 Å². The molecule has 0 aliphatic heterocycles. The van der Waals surface area contributed by atoms with Crippen LogP contribution in [0.4, 0.5) is 0 Å². The number of aryl methyl sites for hydroxylation is 2. The third-order valence-corrected chi connectivity index (χ3v) is 2.64. The van der Waals surface area contributed by atoms with Crippen LogP contribution in [0.5, 0.6) is 5.75 Å². The van der Waals surface area contributed by atoms with Crippen LogP contribution in [0.3, 0.4) is 0 Å². The SMILES string of the molecule is Cc1cc(C)cc(COc2ccc(C(=O)O)nc2)c1. The van der Waals surface area contributed by atoms with E-state index in [-0.39, 0.29) is 5.69 Å². The van der Waals surface area contributed by atoms with Crippen LogP contribution in [0, 0.1) is 13.8 Å². The normalized spacial score (nSPS) is 10.2. The van der Waals surface area contributed by atoms with Gasteiger partial charge in [0.1, 0.15) is 18.1 Å². The summed E-state index contributed by atoms with van der Waals surface area (Å²) in [6, 6.07) is 9.27. The first-order chi connectivity index (χ1) is 9.04. The lowest BCUT2D eigenvalue weighted by molar-refractivity contribution is 0.0690. The first-order valence-electron chi connectivity index (χ1n) is 5.94. The summed E-state index contributed by atoms with van der Waals surface area (Å²) < 4.78 is 5.58. The first kappa shape index (κ1) is 13.1. The summed E-state index contributed by atoms with van der Waals surface area (Å²) in [5, 5.41) is 8.74. The van der Waals surface area contributed by atoms with E-state index in [0.717, 1.165) is 5.56 Å². The summed E-state index contributed by atoms with van der Waals surface area (Å²) in [5.41, 5.74) is 3.48. The highest BCUT2D eigenvalue weighted by atomic mass is 16.5. The zero-order valence-electron chi connectivity index (χ0n) is 10.9. The van der Waals surface area contributed by atoms with Crippen LogP contribution in [-0.4, -0.2) is 16.1 Å². The number of hydrogen-bond donors (Lipinski definition) is 1. The molecule has 0 saturated heterocycles. The van der Waals surface area contributed by atoms with E-state index >= 15 is 0 Å². The molecule has 0 unspecified atom stereocenters. The molecule has 0 amide bonds. The lowest BCUT2D eigenvalue weighted by Crippen LogP contribution is -2.01. The Morgan fingerprint density at radius 2 is 1.89 bits per heavy atom. The zero-order valence-corrected chi connectivity index (χ0v) is 10.9. The van der Waals surface area contributed by atoms with Crippen molar-refractivity contribution >= 4 is 5.97 Å². The van der Waals surface area contributed by atoms with E-state index in [2.05, 4.69) is 23.2 Å². The maximum atomic E-state index is 10.7. The van der Waals surface area contributed by atoms with Crippen molar-refractivity contribution in [1.29, 1.82) is 0 Å². The highest BCUT2D eigenvalue weighted by Crippen LogP contribution is 2.14. The van der Waals surface area contributed by atoms with Crippen LogP contribution in [0.2, 0.25) is 0 Å². The monoisotopic (exact) mass is 257 g/mol. The number of rotatable bonds is 4. The molecule has 1 N–H and O–H groups in total. The van der Waals surface area contributed by atoms with Crippen LogP contribution >= 0.6 is 0 Å². The Balaban J connectivity index is 2.03. The maximum absolute atomic E-state index is 10.7. The number of aromatic nitrogens is 1. The molecule has 2 rings (SSSR count). The van der Waals surface area contributed by atoms with E-state index in [1.54, 1.807) is 6.07 Å². The van der Waals surface area contributed by atoms with E-state index in [4.69, 9.17) is 9.84 Å². The van der Waals surface area contributed by atoms with Gasteiger partial charge in [0.25, 0.3) is 0 Å². The van der Waals surface area contributed by atoms with Crippen molar-refractivity contribution < 1.29 is 14.6 Å². The lowest BCUT2D eigenvalue weighted by Gasteiger charge is -2.08. The molecule has 2 aromatic rings. The minimum Gasteiger partial charge on any atom is -0.487 e. The molecule has 1 heterocycles. The molecular weight excluding hydrogens is 242 g/mol. The van der Waals surface area contributed by atoms with Gasteiger partial charge < -0.3 is 9.84 Å². The number of carbonyl (C=O) groups is 1. The number of aromatic carboxylic acids is 1. The van der Waals surface area contributed by atoms with E-state index in [0.29, 0.717) is 12.4 Å². The van der Waals surface area contributed by atoms with Gasteiger partial charge in [0.2, 0.25) is 0 Å². The van der Waals surface area contributed by atoms with E-state index in [1.165, 1.54) is 23.4 Å². The predicted molar refractivity (Wildman–Crippen MR) is 71.4 cm³/mol. The average Bonchev–Trinajstić information content (AvgIpc) is 2.36. The number of nitrogens with zero attached hydrogens (tertiary/aromatic N) is 1. The Bertz CT molecular complexity index is 571. The van der Waals surface area contributed by atoms with Crippen molar-refractivity contribution in [3.05, 3.63) is 58.9 Å². The fourth-order valence-electron chi connectivity index (χ4n) is 1.91. The average molecular weight is 257 g/mol. The largest absolute Gasteiger partial charge is 0.487 e. The summed E-state index contributed by atoms with van der Waals surface area (Å²) in [6.07, 6.45) is 1.42. The number of carboxylic acids is 1. The molecule has 1 aromatic heterocycles. The summed E-state index contributed by atoms with van der Waals surface area (Å²) in [7, 11) is 0. The minimum absolute atomic E-state index is 0.0127. The Hall–Kier alpha value is -2.36. The molecule has 0 saturated carbocycles. The smallest absolute Gasteiger partial charge is 0.354 e. The number of ether oxygens (including phenoxy) is 1. The summed E-state index contributed by atoms with van der Waals surface area (Å²) in [5.74, 6) is -0.481. The molecule has 0 fully saturated rings. The molecular formula is C15H15NO3. The van der Waals surface area contributed by atoms with Gasteiger partial charge in [-0.15, -0.1) is 0 Å². The predicted octanol–water partition coefficient (Wildman–Crippen LogP) is 2.98. The van der Waals surface area contributed by atoms with Gasteiger partial charge in [0, 0.05) is 0 Å². The van der Waals surface area contributed by atoms with Crippen molar-refractivity contribution in [3.8, 4) is 5.75 Å². The Morgan fingerprint density at radius 3 is 2.42 bits per heavy atom. The Kier molecular flexibility index (Phi) is 3.80. The number of benzene rings is 1. The topological polar surface area (TPSA) is 59.4 Å². The van der Waals surface area contributed by atoms with Crippen molar-refractivity contribution in [1.82, 2.24) is 4.98 Å². The van der Waals surface area contributed by atoms with Gasteiger partial charge in [-0.3, -0.25) is 0 Å². The quantitative estimate of drug-likeness (QED) is 0.914. The molecule has 19 heavy (non-hydrogen) atoms. The molecule has 4 nitrogen and oxygen atoms in total. The van der Waals surface area contributed by atoms with Crippen molar-refractivity contribution in [3.63, 3.8) is 0 Å². The Labute approximate surface area is 111 Å². The van der Waals surface area contributed by atoms with Gasteiger partial charge in [0.05, 0.1) is 6.20 Å². The number of pyridine rings is 1. The van der Waals surface area contributed by atoms with Gasteiger partial charge in [0.15, 0.2) is 0 Å². The summed E-state index contributed by atoms with van der Waals surface area (Å²) in [6.45, 7) is 4.52. The number of hydrogen-bond acceptors (Lipinski definition) is 3. The molecule has 0 aliphatic rings. The first-order valence-corrected chi connectivity index (χ1v) is 5.94. The molecule has 0 spiro atoms. The van der Waals surface area contributed by atoms with E-state index < -0.39 is 5.97 Å². The van der Waals surface area contributed by atoms with Crippen LogP contribution in [0.25, 0.3) is 0 Å². The highest BCUT2D eigenvalue weighted by molar-refractivity contribution is 5.85. The third kappa shape index (κ3) is 3.55. The summed E-state index contributed by atoms with van der Waals surface area (Å²) >= 11 is 0. The lowest BCUT2D eigenvalue weighted by atomic mass is 10.1. The molecule has 4 heteroatoms. The van der Waals surface area contributed by atoms with Crippen LogP contribution in [-0.2, 0) is 6.61 Å². The van der Waals surface area contributed by atoms with Crippen molar-refractivity contribution in [2.24, 2.45) is 0 Å². The molecule has 0 atom stereocenters. The van der Waals surface area contributed by atoms with Crippen LogP contribution in [0.1, 0.15) is 27.2 Å². The fraction of sp³-hybridized carbons (Fsp3) is 0.200. The van der Waals surface area contributed by atoms with E-state index in [1.807, 2.05) is 13.8 Å². The van der Waals surface area contributed by atoms with Crippen LogP contribution in [0.15, 0.2) is 36.5 Å². The van der Waals surface area contributed by atoms with Crippen molar-refractivity contribution in [2.75, 3.05) is 0 Å². The zero-order chi connectivity index (χ0) is 13.8. The van der Waals surface area contributed by atoms with Crippen LogP contribution < -0.4 is 4.74 Å². The van der Waals surface area contributed by atoms with Gasteiger partial charge in [-0.05, 0) is 31.5 Å². The molecule has 98 valence electrons. The maximum Gasteiger partial charge on any atom is 0.354 e. The summed E-state index contributed by atoms with van der Waals surface area (Å²) in [4.78, 5) is 14.5. The van der Waals surface area contributed by atoms with Gasteiger partial charge in [-0.1, -0.05) is 29.3 Å². The highest BCUT2D eigenvalue weighted by Gasteiger charge is 2.04. The minimum atomic E-state index is -1.04. The second-order valence-electron chi connectivity index (χ2n) is 4.47.